The average molecular weight is 322 g/mol. The lowest BCUT2D eigenvalue weighted by atomic mass is 10.2. The standard InChI is InChI=1S/C15H18N2O4S/c1-11(2)17-22(19,20)14-7-5-12(6-8-14)15(18)16-10-13-4-3-9-21-13/h3-9,11,17H,10H2,1-2H3,(H,16,18). The SMILES string of the molecule is CC(C)NS(=O)(=O)c1ccc(C(=O)NCc2ccco2)cc1. The van der Waals surface area contributed by atoms with Crippen molar-refractivity contribution in [3.8, 4) is 0 Å². The molecule has 1 aromatic carbocycles. The Morgan fingerprint density at radius 2 is 1.86 bits per heavy atom. The summed E-state index contributed by atoms with van der Waals surface area (Å²) in [5.41, 5.74) is 0.384. The van der Waals surface area contributed by atoms with Crippen LogP contribution in [0.15, 0.2) is 52.0 Å². The number of hydrogen-bond acceptors (Lipinski definition) is 4. The number of hydrogen-bond donors (Lipinski definition) is 2. The Balaban J connectivity index is 2.03. The number of nitrogens with one attached hydrogen (secondary N) is 2. The predicted octanol–water partition coefficient (Wildman–Crippen LogP) is 1.90. The van der Waals surface area contributed by atoms with Crippen molar-refractivity contribution in [3.05, 3.63) is 54.0 Å². The Labute approximate surface area is 129 Å². The minimum Gasteiger partial charge on any atom is -0.467 e. The quantitative estimate of drug-likeness (QED) is 0.850. The first kappa shape index (κ1) is 16.3. The first-order valence-corrected chi connectivity index (χ1v) is 8.30. The van der Waals surface area contributed by atoms with Crippen LogP contribution in [-0.4, -0.2) is 20.4 Å². The number of sulfonamides is 1. The van der Waals surface area contributed by atoms with Crippen LogP contribution >= 0.6 is 0 Å². The van der Waals surface area contributed by atoms with Crippen LogP contribution < -0.4 is 10.0 Å². The Kier molecular flexibility index (Phi) is 4.99. The van der Waals surface area contributed by atoms with E-state index in [2.05, 4.69) is 10.0 Å². The molecule has 0 unspecified atom stereocenters. The van der Waals surface area contributed by atoms with Crippen molar-refractivity contribution in [2.45, 2.75) is 31.3 Å². The minimum atomic E-state index is -3.55. The van der Waals surface area contributed by atoms with Crippen LogP contribution in [0, 0.1) is 0 Å². The molecule has 0 aliphatic carbocycles. The fourth-order valence-electron chi connectivity index (χ4n) is 1.85. The summed E-state index contributed by atoms with van der Waals surface area (Å²) in [6.45, 7) is 3.77. The van der Waals surface area contributed by atoms with Crippen molar-refractivity contribution < 1.29 is 17.6 Å². The average Bonchev–Trinajstić information content (AvgIpc) is 2.97. The fourth-order valence-corrected chi connectivity index (χ4v) is 3.10. The fraction of sp³-hybridized carbons (Fsp3) is 0.267. The molecule has 0 atom stereocenters. The molecule has 0 saturated carbocycles. The Bertz CT molecular complexity index is 719. The Hall–Kier alpha value is -2.12. The molecule has 22 heavy (non-hydrogen) atoms. The maximum absolute atomic E-state index is 12.0. The molecule has 2 N–H and O–H groups in total. The summed E-state index contributed by atoms with van der Waals surface area (Å²) >= 11 is 0. The molecule has 0 radical (unpaired) electrons. The normalized spacial score (nSPS) is 11.6. The van der Waals surface area contributed by atoms with E-state index >= 15 is 0 Å². The van der Waals surface area contributed by atoms with E-state index in [1.807, 2.05) is 0 Å². The van der Waals surface area contributed by atoms with Gasteiger partial charge in [-0.3, -0.25) is 4.79 Å². The number of furan rings is 1. The topological polar surface area (TPSA) is 88.4 Å². The van der Waals surface area contributed by atoms with Gasteiger partial charge in [-0.05, 0) is 50.2 Å². The second-order valence-corrected chi connectivity index (χ2v) is 6.78. The summed E-state index contributed by atoms with van der Waals surface area (Å²) in [6.07, 6.45) is 1.53. The molecule has 1 heterocycles. The molecule has 0 bridgehead atoms. The van der Waals surface area contributed by atoms with Crippen LogP contribution in [0.5, 0.6) is 0 Å². The van der Waals surface area contributed by atoms with E-state index in [9.17, 15) is 13.2 Å². The van der Waals surface area contributed by atoms with E-state index in [1.54, 1.807) is 26.0 Å². The smallest absolute Gasteiger partial charge is 0.251 e. The van der Waals surface area contributed by atoms with Crippen molar-refractivity contribution in [2.75, 3.05) is 0 Å². The maximum Gasteiger partial charge on any atom is 0.251 e. The molecule has 0 aliphatic heterocycles. The molecule has 1 amide bonds. The Morgan fingerprint density at radius 1 is 1.18 bits per heavy atom. The number of rotatable bonds is 6. The summed E-state index contributed by atoms with van der Waals surface area (Å²) < 4.78 is 31.6. The summed E-state index contributed by atoms with van der Waals surface area (Å²) in [6, 6.07) is 9.08. The van der Waals surface area contributed by atoms with Crippen molar-refractivity contribution in [1.29, 1.82) is 0 Å². The third kappa shape index (κ3) is 4.19. The van der Waals surface area contributed by atoms with Gasteiger partial charge >= 0.3 is 0 Å². The third-order valence-electron chi connectivity index (χ3n) is 2.82. The summed E-state index contributed by atoms with van der Waals surface area (Å²) in [5, 5.41) is 2.69. The maximum atomic E-state index is 12.0. The van der Waals surface area contributed by atoms with Gasteiger partial charge in [-0.1, -0.05) is 0 Å². The van der Waals surface area contributed by atoms with Crippen molar-refractivity contribution in [2.24, 2.45) is 0 Å². The van der Waals surface area contributed by atoms with Crippen LogP contribution in [0.4, 0.5) is 0 Å². The van der Waals surface area contributed by atoms with Gasteiger partial charge in [0.05, 0.1) is 17.7 Å². The van der Waals surface area contributed by atoms with Gasteiger partial charge < -0.3 is 9.73 Å². The lowest BCUT2D eigenvalue weighted by Crippen LogP contribution is -2.30. The molecule has 0 saturated heterocycles. The van der Waals surface area contributed by atoms with Crippen LogP contribution in [-0.2, 0) is 16.6 Å². The van der Waals surface area contributed by atoms with Gasteiger partial charge in [0.2, 0.25) is 10.0 Å². The molecule has 1 aromatic heterocycles. The highest BCUT2D eigenvalue weighted by Gasteiger charge is 2.16. The monoisotopic (exact) mass is 322 g/mol. The van der Waals surface area contributed by atoms with Gasteiger partial charge in [-0.15, -0.1) is 0 Å². The lowest BCUT2D eigenvalue weighted by Gasteiger charge is -2.10. The second kappa shape index (κ2) is 6.76. The van der Waals surface area contributed by atoms with Crippen LogP contribution in [0.3, 0.4) is 0 Å². The number of carbonyl (C=O) groups is 1. The van der Waals surface area contributed by atoms with E-state index in [1.165, 1.54) is 30.5 Å². The highest BCUT2D eigenvalue weighted by Crippen LogP contribution is 2.11. The zero-order valence-corrected chi connectivity index (χ0v) is 13.2. The van der Waals surface area contributed by atoms with Gasteiger partial charge in [0.25, 0.3) is 5.91 Å². The van der Waals surface area contributed by atoms with Crippen molar-refractivity contribution in [3.63, 3.8) is 0 Å². The number of amides is 1. The zero-order valence-electron chi connectivity index (χ0n) is 12.4. The largest absolute Gasteiger partial charge is 0.467 e. The summed E-state index contributed by atoms with van der Waals surface area (Å²) in [5.74, 6) is 0.353. The second-order valence-electron chi connectivity index (χ2n) is 5.06. The molecule has 0 fully saturated rings. The summed E-state index contributed by atoms with van der Waals surface area (Å²) in [7, 11) is -3.55. The molecule has 118 valence electrons. The van der Waals surface area contributed by atoms with E-state index in [0.717, 1.165) is 0 Å². The zero-order chi connectivity index (χ0) is 16.2. The summed E-state index contributed by atoms with van der Waals surface area (Å²) in [4.78, 5) is 12.1. The van der Waals surface area contributed by atoms with Gasteiger partial charge in [0.15, 0.2) is 0 Å². The lowest BCUT2D eigenvalue weighted by molar-refractivity contribution is 0.0948. The van der Waals surface area contributed by atoms with Gasteiger partial charge in [-0.25, -0.2) is 13.1 Å². The van der Waals surface area contributed by atoms with Gasteiger partial charge in [0, 0.05) is 11.6 Å². The molecule has 0 aliphatic rings. The molecule has 2 aromatic rings. The molecular formula is C15H18N2O4S. The first-order chi connectivity index (χ1) is 10.4. The third-order valence-corrected chi connectivity index (χ3v) is 4.50. The van der Waals surface area contributed by atoms with Gasteiger partial charge in [-0.2, -0.15) is 0 Å². The van der Waals surface area contributed by atoms with Crippen molar-refractivity contribution in [1.82, 2.24) is 10.0 Å². The molecule has 7 heteroatoms. The highest BCUT2D eigenvalue weighted by molar-refractivity contribution is 7.89. The molecule has 2 rings (SSSR count). The minimum absolute atomic E-state index is 0.129. The van der Waals surface area contributed by atoms with Crippen LogP contribution in [0.1, 0.15) is 30.0 Å². The van der Waals surface area contributed by atoms with Crippen LogP contribution in [0.25, 0.3) is 0 Å². The van der Waals surface area contributed by atoms with Crippen molar-refractivity contribution >= 4 is 15.9 Å². The van der Waals surface area contributed by atoms with E-state index in [-0.39, 0.29) is 23.4 Å². The predicted molar refractivity (Wildman–Crippen MR) is 81.8 cm³/mol. The van der Waals surface area contributed by atoms with E-state index in [4.69, 9.17) is 4.42 Å². The highest BCUT2D eigenvalue weighted by atomic mass is 32.2. The Morgan fingerprint density at radius 3 is 2.41 bits per heavy atom. The molecular weight excluding hydrogens is 304 g/mol. The van der Waals surface area contributed by atoms with Crippen LogP contribution in [0.2, 0.25) is 0 Å². The van der Waals surface area contributed by atoms with E-state index < -0.39 is 10.0 Å². The number of carbonyl (C=O) groups excluding carboxylic acids is 1. The van der Waals surface area contributed by atoms with E-state index in [0.29, 0.717) is 11.3 Å². The number of benzene rings is 1. The first-order valence-electron chi connectivity index (χ1n) is 6.81. The molecule has 0 spiro atoms. The van der Waals surface area contributed by atoms with Gasteiger partial charge in [0.1, 0.15) is 5.76 Å². The molecule has 6 nitrogen and oxygen atoms in total.